The van der Waals surface area contributed by atoms with Crippen molar-refractivity contribution in [1.29, 1.82) is 0 Å². The van der Waals surface area contributed by atoms with E-state index < -0.39 is 0 Å². The molecule has 1 aromatic heterocycles. The van der Waals surface area contributed by atoms with E-state index in [2.05, 4.69) is 10.3 Å². The van der Waals surface area contributed by atoms with Gasteiger partial charge in [-0.25, -0.2) is 4.98 Å². The quantitative estimate of drug-likeness (QED) is 0.629. The molecule has 1 fully saturated rings. The number of anilines is 1. The Hall–Kier alpha value is -1.24. The monoisotopic (exact) mass is 451 g/mol. The van der Waals surface area contributed by atoms with Crippen LogP contribution in [0.3, 0.4) is 0 Å². The van der Waals surface area contributed by atoms with Gasteiger partial charge in [0.2, 0.25) is 11.8 Å². The third-order valence-electron chi connectivity index (χ3n) is 4.29. The van der Waals surface area contributed by atoms with E-state index >= 15 is 0 Å². The molecule has 2 atom stereocenters. The molecule has 1 aliphatic carbocycles. The first-order chi connectivity index (χ1) is 12.0. The van der Waals surface area contributed by atoms with Crippen molar-refractivity contribution in [3.05, 3.63) is 46.6 Å². The molecule has 0 bridgehead atoms. The van der Waals surface area contributed by atoms with Crippen molar-refractivity contribution < 1.29 is 9.53 Å². The summed E-state index contributed by atoms with van der Waals surface area (Å²) >= 11 is 11.8. The van der Waals surface area contributed by atoms with Crippen LogP contribution in [0.5, 0.6) is 11.6 Å². The van der Waals surface area contributed by atoms with E-state index in [1.807, 2.05) is 0 Å². The van der Waals surface area contributed by atoms with Gasteiger partial charge in [-0.05, 0) is 49.1 Å². The van der Waals surface area contributed by atoms with E-state index in [1.54, 1.807) is 30.3 Å². The minimum atomic E-state index is -0.0153. The summed E-state index contributed by atoms with van der Waals surface area (Å²) < 4.78 is 5.61. The van der Waals surface area contributed by atoms with Crippen LogP contribution in [0.4, 0.5) is 5.69 Å². The van der Waals surface area contributed by atoms with Gasteiger partial charge in [-0.2, -0.15) is 0 Å². The first-order valence-corrected chi connectivity index (χ1v) is 8.91. The van der Waals surface area contributed by atoms with Crippen molar-refractivity contribution in [3.63, 3.8) is 0 Å². The van der Waals surface area contributed by atoms with Crippen molar-refractivity contribution in [2.45, 2.75) is 31.7 Å². The summed E-state index contributed by atoms with van der Waals surface area (Å²) in [6.07, 6.45) is 5.06. The molecule has 3 rings (SSSR count). The minimum Gasteiger partial charge on any atom is -0.438 e. The third-order valence-corrected chi connectivity index (χ3v) is 4.77. The number of rotatable bonds is 5. The zero-order valence-electron chi connectivity index (χ0n) is 14.4. The highest BCUT2D eigenvalue weighted by molar-refractivity contribution is 6.35. The summed E-state index contributed by atoms with van der Waals surface area (Å²) in [5.41, 5.74) is 6.72. The fourth-order valence-corrected chi connectivity index (χ4v) is 3.38. The molecule has 1 saturated carbocycles. The summed E-state index contributed by atoms with van der Waals surface area (Å²) in [6, 6.07) is 8.72. The lowest BCUT2D eigenvalue weighted by molar-refractivity contribution is -0.117. The Balaban J connectivity index is 0.00000182. The Labute approximate surface area is 180 Å². The van der Waals surface area contributed by atoms with Gasteiger partial charge < -0.3 is 15.8 Å². The van der Waals surface area contributed by atoms with Gasteiger partial charge >= 0.3 is 0 Å². The van der Waals surface area contributed by atoms with Gasteiger partial charge in [0.1, 0.15) is 10.8 Å². The Morgan fingerprint density at radius 1 is 1.22 bits per heavy atom. The van der Waals surface area contributed by atoms with Crippen LogP contribution in [0, 0.1) is 5.92 Å². The fourth-order valence-electron chi connectivity index (χ4n) is 2.96. The molecule has 148 valence electrons. The van der Waals surface area contributed by atoms with Crippen LogP contribution in [-0.2, 0) is 4.79 Å². The second-order valence-corrected chi connectivity index (χ2v) is 7.02. The zero-order valence-corrected chi connectivity index (χ0v) is 17.5. The zero-order chi connectivity index (χ0) is 17.8. The molecule has 1 aromatic carbocycles. The van der Waals surface area contributed by atoms with Gasteiger partial charge in [0, 0.05) is 24.3 Å². The number of amides is 1. The van der Waals surface area contributed by atoms with Crippen molar-refractivity contribution in [3.8, 4) is 11.6 Å². The highest BCUT2D eigenvalue weighted by Crippen LogP contribution is 2.30. The SMILES string of the molecule is Cl.Cl.N[C@@H]1CCC[C@H]1CC(=O)Nc1ccc(Oc2ncc(Cl)cc2Cl)cc1. The molecule has 0 aliphatic heterocycles. The predicted molar refractivity (Wildman–Crippen MR) is 114 cm³/mol. The Bertz CT molecular complexity index is 759. The highest BCUT2D eigenvalue weighted by Gasteiger charge is 2.25. The molecule has 5 nitrogen and oxygen atoms in total. The number of aromatic nitrogens is 1. The summed E-state index contributed by atoms with van der Waals surface area (Å²) in [4.78, 5) is 16.2. The summed E-state index contributed by atoms with van der Waals surface area (Å²) in [5.74, 6) is 1.10. The van der Waals surface area contributed by atoms with Crippen molar-refractivity contribution in [2.75, 3.05) is 5.32 Å². The predicted octanol–water partition coefficient (Wildman–Crippen LogP) is 5.48. The number of pyridine rings is 1. The highest BCUT2D eigenvalue weighted by atomic mass is 35.5. The van der Waals surface area contributed by atoms with Crippen LogP contribution in [0.25, 0.3) is 0 Å². The number of halogens is 4. The number of ether oxygens (including phenoxy) is 1. The average molecular weight is 453 g/mol. The second kappa shape index (κ2) is 10.9. The second-order valence-electron chi connectivity index (χ2n) is 6.17. The van der Waals surface area contributed by atoms with Gasteiger partial charge in [-0.3, -0.25) is 4.79 Å². The van der Waals surface area contributed by atoms with E-state index in [0.717, 1.165) is 19.3 Å². The summed E-state index contributed by atoms with van der Waals surface area (Å²) in [6.45, 7) is 0. The lowest BCUT2D eigenvalue weighted by atomic mass is 10.00. The Kier molecular flexibility index (Phi) is 9.63. The molecule has 0 saturated heterocycles. The number of benzene rings is 1. The summed E-state index contributed by atoms with van der Waals surface area (Å²) in [7, 11) is 0. The van der Waals surface area contributed by atoms with Gasteiger partial charge in [0.15, 0.2) is 0 Å². The van der Waals surface area contributed by atoms with Crippen LogP contribution in [-0.4, -0.2) is 16.9 Å². The first kappa shape index (κ1) is 23.8. The van der Waals surface area contributed by atoms with E-state index in [9.17, 15) is 4.79 Å². The minimum absolute atomic E-state index is 0. The van der Waals surface area contributed by atoms with Crippen LogP contribution in [0.2, 0.25) is 10.0 Å². The molecule has 2 aromatic rings. The molecular weight excluding hydrogens is 432 g/mol. The maximum Gasteiger partial charge on any atom is 0.238 e. The number of carbonyl (C=O) groups excluding carboxylic acids is 1. The molecule has 0 unspecified atom stereocenters. The first-order valence-electron chi connectivity index (χ1n) is 8.15. The van der Waals surface area contributed by atoms with Crippen LogP contribution < -0.4 is 15.8 Å². The Morgan fingerprint density at radius 3 is 2.52 bits per heavy atom. The molecule has 3 N–H and O–H groups in total. The van der Waals surface area contributed by atoms with E-state index in [1.165, 1.54) is 6.20 Å². The van der Waals surface area contributed by atoms with Gasteiger partial charge in [-0.15, -0.1) is 24.8 Å². The average Bonchev–Trinajstić information content (AvgIpc) is 2.97. The summed E-state index contributed by atoms with van der Waals surface area (Å²) in [5, 5.41) is 3.66. The number of nitrogens with one attached hydrogen (secondary N) is 1. The van der Waals surface area contributed by atoms with Crippen LogP contribution in [0.15, 0.2) is 36.5 Å². The number of nitrogens with two attached hydrogens (primary N) is 1. The smallest absolute Gasteiger partial charge is 0.238 e. The molecule has 1 aliphatic rings. The van der Waals surface area contributed by atoms with Crippen molar-refractivity contribution in [1.82, 2.24) is 4.98 Å². The van der Waals surface area contributed by atoms with E-state index in [-0.39, 0.29) is 48.6 Å². The Morgan fingerprint density at radius 2 is 1.93 bits per heavy atom. The molecule has 0 radical (unpaired) electrons. The van der Waals surface area contributed by atoms with Crippen molar-refractivity contribution >= 4 is 59.6 Å². The number of nitrogens with zero attached hydrogens (tertiary/aromatic N) is 1. The largest absolute Gasteiger partial charge is 0.438 e. The molecular formula is C18H21Cl4N3O2. The van der Waals surface area contributed by atoms with Crippen LogP contribution >= 0.6 is 48.0 Å². The lowest BCUT2D eigenvalue weighted by Crippen LogP contribution is -2.28. The lowest BCUT2D eigenvalue weighted by Gasteiger charge is -2.15. The molecule has 1 amide bonds. The number of hydrogen-bond acceptors (Lipinski definition) is 4. The topological polar surface area (TPSA) is 77.2 Å². The number of carbonyl (C=O) groups is 1. The van der Waals surface area contributed by atoms with Crippen LogP contribution in [0.1, 0.15) is 25.7 Å². The standard InChI is InChI=1S/C18H19Cl2N3O2.2ClH/c19-12-9-15(20)18(22-10-12)25-14-6-4-13(5-7-14)23-17(24)8-11-2-1-3-16(11)21;;/h4-7,9-11,16H,1-3,8,21H2,(H,23,24);2*1H/t11-,16+;;/m0../s1. The normalized spacial score (nSPS) is 18.2. The van der Waals surface area contributed by atoms with Crippen molar-refractivity contribution in [2.24, 2.45) is 11.7 Å². The van der Waals surface area contributed by atoms with E-state index in [0.29, 0.717) is 27.9 Å². The molecule has 27 heavy (non-hydrogen) atoms. The van der Waals surface area contributed by atoms with E-state index in [4.69, 9.17) is 33.7 Å². The third kappa shape index (κ3) is 6.70. The fraction of sp³-hybridized carbons (Fsp3) is 0.333. The van der Waals surface area contributed by atoms with Gasteiger partial charge in [0.05, 0.1) is 5.02 Å². The maximum absolute atomic E-state index is 12.1. The molecule has 0 spiro atoms. The number of hydrogen-bond donors (Lipinski definition) is 2. The molecule has 1 heterocycles. The van der Waals surface area contributed by atoms with Gasteiger partial charge in [0.25, 0.3) is 0 Å². The van der Waals surface area contributed by atoms with Gasteiger partial charge in [-0.1, -0.05) is 29.6 Å². The maximum atomic E-state index is 12.1. The molecule has 9 heteroatoms.